The van der Waals surface area contributed by atoms with E-state index in [1.807, 2.05) is 0 Å². The van der Waals surface area contributed by atoms with Crippen molar-refractivity contribution in [1.82, 2.24) is 5.32 Å². The molecule has 11 heteroatoms. The van der Waals surface area contributed by atoms with E-state index in [9.17, 15) is 29.7 Å². The quantitative estimate of drug-likeness (QED) is 0.190. The maximum absolute atomic E-state index is 12.3. The fourth-order valence-electron chi connectivity index (χ4n) is 2.44. The van der Waals surface area contributed by atoms with E-state index < -0.39 is 67.9 Å². The van der Waals surface area contributed by atoms with Gasteiger partial charge < -0.3 is 41.0 Å². The molecule has 0 radical (unpaired) electrons. The molecule has 0 fully saturated rings. The minimum absolute atomic E-state index is 0.160. The molecule has 7 N–H and O–H groups in total. The molecule has 0 bridgehead atoms. The van der Waals surface area contributed by atoms with E-state index in [-0.39, 0.29) is 6.42 Å². The molecule has 0 aliphatic rings. The maximum Gasteiger partial charge on any atom is 0.328 e. The highest BCUT2D eigenvalue weighted by atomic mass is 16.5. The lowest BCUT2D eigenvalue weighted by Gasteiger charge is -2.22. The first-order valence-electron chi connectivity index (χ1n) is 9.18. The third-order valence-corrected chi connectivity index (χ3v) is 4.20. The van der Waals surface area contributed by atoms with Gasteiger partial charge in [0.15, 0.2) is 0 Å². The average Bonchev–Trinajstić information content (AvgIpc) is 2.75. The highest BCUT2D eigenvalue weighted by Gasteiger charge is 2.28. The predicted octanol–water partition coefficient (Wildman–Crippen LogP) is -2.78. The summed E-state index contributed by atoms with van der Waals surface area (Å²) >= 11 is 0. The number of rotatable bonds is 12. The summed E-state index contributed by atoms with van der Waals surface area (Å²) < 4.78 is 9.40. The number of amides is 1. The van der Waals surface area contributed by atoms with Crippen LogP contribution in [0.4, 0.5) is 0 Å². The second-order valence-corrected chi connectivity index (χ2v) is 6.58. The Bertz CT molecular complexity index is 686. The van der Waals surface area contributed by atoms with E-state index in [0.717, 1.165) is 5.56 Å². The van der Waals surface area contributed by atoms with Crippen molar-refractivity contribution in [2.45, 2.75) is 43.2 Å². The van der Waals surface area contributed by atoms with E-state index in [0.29, 0.717) is 0 Å². The number of aliphatic hydroxyl groups is 4. The second kappa shape index (κ2) is 12.9. The first-order chi connectivity index (χ1) is 14.2. The lowest BCUT2D eigenvalue weighted by Crippen LogP contribution is -2.50. The fraction of sp³-hybridized carbons (Fsp3) is 0.526. The second-order valence-electron chi connectivity index (χ2n) is 6.58. The molecule has 5 atom stereocenters. The van der Waals surface area contributed by atoms with E-state index in [1.54, 1.807) is 30.3 Å². The molecule has 1 amide bonds. The molecular formula is C19H28N2O9. The summed E-state index contributed by atoms with van der Waals surface area (Å²) in [5, 5.41) is 39.4. The Morgan fingerprint density at radius 1 is 1.10 bits per heavy atom. The van der Waals surface area contributed by atoms with Gasteiger partial charge in [-0.15, -0.1) is 0 Å². The van der Waals surface area contributed by atoms with Crippen molar-refractivity contribution in [2.75, 3.05) is 20.3 Å². The van der Waals surface area contributed by atoms with Crippen LogP contribution < -0.4 is 11.1 Å². The van der Waals surface area contributed by atoms with E-state index >= 15 is 0 Å². The number of aliphatic hydroxyl groups excluding tert-OH is 4. The van der Waals surface area contributed by atoms with Crippen LogP contribution in [-0.2, 0) is 30.3 Å². The molecule has 1 rings (SSSR count). The number of benzene rings is 1. The monoisotopic (exact) mass is 428 g/mol. The topological polar surface area (TPSA) is 189 Å². The third-order valence-electron chi connectivity index (χ3n) is 4.20. The molecule has 30 heavy (non-hydrogen) atoms. The Kier molecular flexibility index (Phi) is 10.9. The maximum atomic E-state index is 12.3. The summed E-state index contributed by atoms with van der Waals surface area (Å²) in [6.45, 7) is -1.47. The van der Waals surface area contributed by atoms with Gasteiger partial charge in [-0.3, -0.25) is 9.59 Å². The van der Waals surface area contributed by atoms with Gasteiger partial charge in [0.2, 0.25) is 5.91 Å². The lowest BCUT2D eigenvalue weighted by molar-refractivity contribution is -0.153. The Morgan fingerprint density at radius 3 is 2.30 bits per heavy atom. The molecule has 0 aliphatic carbocycles. The lowest BCUT2D eigenvalue weighted by atomic mass is 10.1. The fourth-order valence-corrected chi connectivity index (χ4v) is 2.44. The minimum atomic E-state index is -1.72. The van der Waals surface area contributed by atoms with Crippen LogP contribution in [0.3, 0.4) is 0 Å². The van der Waals surface area contributed by atoms with Crippen LogP contribution in [0.5, 0.6) is 0 Å². The molecule has 0 spiro atoms. The number of ether oxygens (including phenoxy) is 2. The smallest absolute Gasteiger partial charge is 0.328 e. The number of hydrogen-bond acceptors (Lipinski definition) is 10. The van der Waals surface area contributed by atoms with Gasteiger partial charge in [0.1, 0.15) is 31.0 Å². The molecule has 168 valence electrons. The highest BCUT2D eigenvalue weighted by Crippen LogP contribution is 2.06. The Morgan fingerprint density at radius 2 is 1.73 bits per heavy atom. The van der Waals surface area contributed by atoms with Gasteiger partial charge in [0.05, 0.1) is 26.2 Å². The van der Waals surface area contributed by atoms with Crippen LogP contribution in [0.1, 0.15) is 12.0 Å². The van der Waals surface area contributed by atoms with Crippen molar-refractivity contribution in [3.05, 3.63) is 35.9 Å². The molecule has 2 unspecified atom stereocenters. The third kappa shape index (κ3) is 8.43. The standard InChI is InChI=1S/C19H28N2O9/c1-29-19(28)13(7-11-5-3-2-4-6-11)21-18(27)12(20)8-16(25)30-10-15(24)17(26)14(23)9-22/h2-6,12-15,17,22-24,26H,7-10,20H2,1H3,(H,21,27)/t12?,13?,14-,15+,17+/m1/s1. The van der Waals surface area contributed by atoms with Crippen LogP contribution in [0.2, 0.25) is 0 Å². The number of methoxy groups -OCH3 is 1. The van der Waals surface area contributed by atoms with E-state index in [1.165, 1.54) is 7.11 Å². The number of carbonyl (C=O) groups excluding carboxylic acids is 3. The summed E-state index contributed by atoms with van der Waals surface area (Å²) in [7, 11) is 1.18. The highest BCUT2D eigenvalue weighted by molar-refractivity contribution is 5.90. The largest absolute Gasteiger partial charge is 0.467 e. The van der Waals surface area contributed by atoms with Crippen LogP contribution in [0.25, 0.3) is 0 Å². The van der Waals surface area contributed by atoms with Gasteiger partial charge in [-0.25, -0.2) is 4.79 Å². The van der Waals surface area contributed by atoms with E-state index in [4.69, 9.17) is 15.6 Å². The predicted molar refractivity (Wildman–Crippen MR) is 103 cm³/mol. The number of hydrogen-bond donors (Lipinski definition) is 6. The van der Waals surface area contributed by atoms with Gasteiger partial charge >= 0.3 is 11.9 Å². The number of carbonyl (C=O) groups is 3. The van der Waals surface area contributed by atoms with Gasteiger partial charge in [0.25, 0.3) is 0 Å². The van der Waals surface area contributed by atoms with E-state index in [2.05, 4.69) is 10.1 Å². The molecule has 1 aromatic carbocycles. The van der Waals surface area contributed by atoms with Gasteiger partial charge in [-0.05, 0) is 5.56 Å². The SMILES string of the molecule is COC(=O)C(Cc1ccccc1)NC(=O)C(N)CC(=O)OC[C@H](O)[C@@H](O)[C@H](O)CO. The first kappa shape index (κ1) is 25.5. The molecule has 0 heterocycles. The van der Waals surface area contributed by atoms with Crippen molar-refractivity contribution < 1.29 is 44.3 Å². The number of nitrogens with one attached hydrogen (secondary N) is 1. The Hall–Kier alpha value is -2.57. The van der Waals surface area contributed by atoms with Gasteiger partial charge in [-0.1, -0.05) is 30.3 Å². The zero-order valence-electron chi connectivity index (χ0n) is 16.5. The average molecular weight is 428 g/mol. The summed E-state index contributed by atoms with van der Waals surface area (Å²) in [5.74, 6) is -2.41. The molecular weight excluding hydrogens is 400 g/mol. The van der Waals surface area contributed by atoms with Crippen LogP contribution in [-0.4, -0.2) is 89.0 Å². The van der Waals surface area contributed by atoms with Crippen LogP contribution in [0.15, 0.2) is 30.3 Å². The van der Waals surface area contributed by atoms with Crippen molar-refractivity contribution in [3.63, 3.8) is 0 Å². The minimum Gasteiger partial charge on any atom is -0.467 e. The normalized spacial score (nSPS) is 15.9. The zero-order valence-corrected chi connectivity index (χ0v) is 16.5. The molecule has 0 aromatic heterocycles. The first-order valence-corrected chi connectivity index (χ1v) is 9.18. The molecule has 0 saturated carbocycles. The van der Waals surface area contributed by atoms with Crippen molar-refractivity contribution in [2.24, 2.45) is 5.73 Å². The zero-order chi connectivity index (χ0) is 22.7. The van der Waals surface area contributed by atoms with Gasteiger partial charge in [-0.2, -0.15) is 0 Å². The number of esters is 2. The molecule has 1 aromatic rings. The van der Waals surface area contributed by atoms with Crippen LogP contribution in [0, 0.1) is 0 Å². The Labute approximate surface area is 173 Å². The summed E-state index contributed by atoms with van der Waals surface area (Å²) in [6.07, 6.45) is -5.37. The van der Waals surface area contributed by atoms with Gasteiger partial charge in [0, 0.05) is 6.42 Å². The van der Waals surface area contributed by atoms with Crippen molar-refractivity contribution in [3.8, 4) is 0 Å². The van der Waals surface area contributed by atoms with Crippen molar-refractivity contribution >= 4 is 17.8 Å². The summed E-state index contributed by atoms with van der Waals surface area (Å²) in [4.78, 5) is 36.0. The number of nitrogens with two attached hydrogens (primary N) is 1. The van der Waals surface area contributed by atoms with Crippen LogP contribution >= 0.6 is 0 Å². The molecule has 11 nitrogen and oxygen atoms in total. The molecule has 0 saturated heterocycles. The van der Waals surface area contributed by atoms with Crippen molar-refractivity contribution in [1.29, 1.82) is 0 Å². The Balaban J connectivity index is 2.56. The summed E-state index contributed by atoms with van der Waals surface area (Å²) in [5.41, 5.74) is 6.46. The summed E-state index contributed by atoms with van der Waals surface area (Å²) in [6, 6.07) is 6.54. The molecule has 0 aliphatic heterocycles.